The molecule has 0 unspecified atom stereocenters. The van der Waals surface area contributed by atoms with Crippen LogP contribution in [0.3, 0.4) is 0 Å². The molecule has 0 bridgehead atoms. The molecule has 1 heterocycles. The average Bonchev–Trinajstić information content (AvgIpc) is 2.65. The summed E-state index contributed by atoms with van der Waals surface area (Å²) < 4.78 is 0. The number of hydrogen-bond donors (Lipinski definition) is 2. The van der Waals surface area contributed by atoms with Gasteiger partial charge in [0.2, 0.25) is 0 Å². The highest BCUT2D eigenvalue weighted by Crippen LogP contribution is 2.19. The van der Waals surface area contributed by atoms with Gasteiger partial charge in [0, 0.05) is 50.4 Å². The van der Waals surface area contributed by atoms with E-state index in [1.165, 1.54) is 41.4 Å². The second-order valence-corrected chi connectivity index (χ2v) is 8.03. The fourth-order valence-electron chi connectivity index (χ4n) is 2.63. The first kappa shape index (κ1) is 22.8. The number of thioether (sulfide) groups is 2. The van der Waals surface area contributed by atoms with E-state index in [1.54, 1.807) is 0 Å². The van der Waals surface area contributed by atoms with Crippen molar-refractivity contribution >= 4 is 59.1 Å². The molecule has 7 heteroatoms. The number of rotatable bonds is 8. The van der Waals surface area contributed by atoms with Crippen molar-refractivity contribution in [3.63, 3.8) is 0 Å². The molecule has 25 heavy (non-hydrogen) atoms. The van der Waals surface area contributed by atoms with Crippen LogP contribution in [-0.4, -0.2) is 56.2 Å². The summed E-state index contributed by atoms with van der Waals surface area (Å²) in [7, 11) is 1.83. The Morgan fingerprint density at radius 2 is 1.88 bits per heavy atom. The Morgan fingerprint density at radius 3 is 2.52 bits per heavy atom. The minimum absolute atomic E-state index is 0. The van der Waals surface area contributed by atoms with Gasteiger partial charge in [-0.05, 0) is 42.5 Å². The Hall–Kier alpha value is -0.280. The van der Waals surface area contributed by atoms with E-state index in [4.69, 9.17) is 0 Å². The van der Waals surface area contributed by atoms with Crippen molar-refractivity contribution in [2.24, 2.45) is 4.99 Å². The molecular weight excluding hydrogens is 463 g/mol. The maximum Gasteiger partial charge on any atom is 0.191 e. The van der Waals surface area contributed by atoms with Gasteiger partial charge in [-0.2, -0.15) is 23.5 Å². The van der Waals surface area contributed by atoms with E-state index in [1.807, 2.05) is 30.6 Å². The molecule has 2 rings (SSSR count). The number of halogens is 1. The van der Waals surface area contributed by atoms with Gasteiger partial charge in [-0.25, -0.2) is 0 Å². The maximum absolute atomic E-state index is 4.29. The van der Waals surface area contributed by atoms with Crippen molar-refractivity contribution in [1.29, 1.82) is 0 Å². The summed E-state index contributed by atoms with van der Waals surface area (Å²) in [6.45, 7) is 4.11. The van der Waals surface area contributed by atoms with Gasteiger partial charge in [-0.15, -0.1) is 24.0 Å². The summed E-state index contributed by atoms with van der Waals surface area (Å²) >= 11 is 3.95. The molecule has 0 aliphatic carbocycles. The first-order chi connectivity index (χ1) is 11.8. The van der Waals surface area contributed by atoms with Gasteiger partial charge in [-0.3, -0.25) is 4.99 Å². The SMILES string of the molecule is CN=C(NCCCCSC)NCc1ccc(N2CCSCC2)cc1.I. The lowest BCUT2D eigenvalue weighted by molar-refractivity contribution is 0.733. The van der Waals surface area contributed by atoms with Crippen LogP contribution in [0.5, 0.6) is 0 Å². The standard InChI is InChI=1S/C18H30N4S2.HI/c1-19-18(20-9-3-4-12-23-2)21-15-16-5-7-17(8-6-16)22-10-13-24-14-11-22;/h5-8H,3-4,9-15H2,1-2H3,(H2,19,20,21);1H. The van der Waals surface area contributed by atoms with Gasteiger partial charge in [0.15, 0.2) is 5.96 Å². The minimum Gasteiger partial charge on any atom is -0.370 e. The van der Waals surface area contributed by atoms with Crippen molar-refractivity contribution in [2.75, 3.05) is 55.1 Å². The average molecular weight is 495 g/mol. The Labute approximate surface area is 178 Å². The van der Waals surface area contributed by atoms with Crippen LogP contribution in [0.15, 0.2) is 29.3 Å². The number of nitrogens with zero attached hydrogens (tertiary/aromatic N) is 2. The number of aliphatic imine (C=N–C) groups is 1. The van der Waals surface area contributed by atoms with E-state index in [0.29, 0.717) is 0 Å². The van der Waals surface area contributed by atoms with Crippen molar-refractivity contribution in [3.8, 4) is 0 Å². The second kappa shape index (κ2) is 13.9. The number of guanidine groups is 1. The highest BCUT2D eigenvalue weighted by Gasteiger charge is 2.10. The highest BCUT2D eigenvalue weighted by molar-refractivity contribution is 14.0. The zero-order valence-corrected chi connectivity index (χ0v) is 19.3. The Balaban J connectivity index is 0.00000312. The fourth-order valence-corrected chi connectivity index (χ4v) is 4.03. The lowest BCUT2D eigenvalue weighted by Gasteiger charge is -2.28. The lowest BCUT2D eigenvalue weighted by Crippen LogP contribution is -2.37. The molecular formula is C18H31IN4S2. The smallest absolute Gasteiger partial charge is 0.191 e. The summed E-state index contributed by atoms with van der Waals surface area (Å²) in [6.07, 6.45) is 4.59. The molecule has 1 saturated heterocycles. The van der Waals surface area contributed by atoms with Crippen LogP contribution in [0.1, 0.15) is 18.4 Å². The van der Waals surface area contributed by atoms with E-state index in [-0.39, 0.29) is 24.0 Å². The summed E-state index contributed by atoms with van der Waals surface area (Å²) in [5.74, 6) is 4.59. The normalized spacial score (nSPS) is 14.8. The maximum atomic E-state index is 4.29. The number of hydrogen-bond acceptors (Lipinski definition) is 4. The van der Waals surface area contributed by atoms with Crippen LogP contribution in [0, 0.1) is 0 Å². The van der Waals surface area contributed by atoms with E-state index in [0.717, 1.165) is 32.1 Å². The monoisotopic (exact) mass is 494 g/mol. The predicted octanol–water partition coefficient (Wildman–Crippen LogP) is 3.67. The summed E-state index contributed by atoms with van der Waals surface area (Å²) in [5, 5.41) is 6.77. The first-order valence-electron chi connectivity index (χ1n) is 8.68. The predicted molar refractivity (Wildman–Crippen MR) is 127 cm³/mol. The zero-order valence-electron chi connectivity index (χ0n) is 15.3. The van der Waals surface area contributed by atoms with Crippen molar-refractivity contribution in [3.05, 3.63) is 29.8 Å². The number of unbranched alkanes of at least 4 members (excludes halogenated alkanes) is 1. The van der Waals surface area contributed by atoms with Gasteiger partial charge >= 0.3 is 0 Å². The highest BCUT2D eigenvalue weighted by atomic mass is 127. The van der Waals surface area contributed by atoms with Crippen LogP contribution in [0.2, 0.25) is 0 Å². The third kappa shape index (κ3) is 8.77. The Morgan fingerprint density at radius 1 is 1.16 bits per heavy atom. The van der Waals surface area contributed by atoms with Crippen molar-refractivity contribution in [2.45, 2.75) is 19.4 Å². The quantitative estimate of drug-likeness (QED) is 0.250. The van der Waals surface area contributed by atoms with E-state index in [9.17, 15) is 0 Å². The van der Waals surface area contributed by atoms with Crippen LogP contribution >= 0.6 is 47.5 Å². The second-order valence-electron chi connectivity index (χ2n) is 5.82. The number of anilines is 1. The molecule has 1 aromatic carbocycles. The van der Waals surface area contributed by atoms with Crippen LogP contribution in [-0.2, 0) is 6.54 Å². The molecule has 1 aromatic rings. The van der Waals surface area contributed by atoms with Crippen LogP contribution in [0.4, 0.5) is 5.69 Å². The topological polar surface area (TPSA) is 39.7 Å². The van der Waals surface area contributed by atoms with E-state index in [2.05, 4.69) is 51.0 Å². The molecule has 1 fully saturated rings. The molecule has 0 saturated carbocycles. The molecule has 2 N–H and O–H groups in total. The van der Waals surface area contributed by atoms with Gasteiger partial charge in [-0.1, -0.05) is 12.1 Å². The van der Waals surface area contributed by atoms with Crippen LogP contribution in [0.25, 0.3) is 0 Å². The Bertz CT molecular complexity index is 490. The summed E-state index contributed by atoms with van der Waals surface area (Å²) in [6, 6.07) is 8.92. The minimum atomic E-state index is 0. The van der Waals surface area contributed by atoms with E-state index < -0.39 is 0 Å². The molecule has 142 valence electrons. The molecule has 0 amide bonds. The third-order valence-corrected chi connectivity index (χ3v) is 5.70. The van der Waals surface area contributed by atoms with Crippen LogP contribution < -0.4 is 15.5 Å². The number of benzene rings is 1. The molecule has 1 aliphatic rings. The number of nitrogens with one attached hydrogen (secondary N) is 2. The van der Waals surface area contributed by atoms with Gasteiger partial charge in [0.05, 0.1) is 0 Å². The molecule has 0 radical (unpaired) electrons. The van der Waals surface area contributed by atoms with E-state index >= 15 is 0 Å². The molecule has 4 nitrogen and oxygen atoms in total. The first-order valence-corrected chi connectivity index (χ1v) is 11.2. The molecule has 1 aliphatic heterocycles. The molecule has 0 spiro atoms. The summed E-state index contributed by atoms with van der Waals surface area (Å²) in [5.41, 5.74) is 2.63. The third-order valence-electron chi connectivity index (χ3n) is 4.06. The van der Waals surface area contributed by atoms with Gasteiger partial charge in [0.1, 0.15) is 0 Å². The molecule has 0 aromatic heterocycles. The van der Waals surface area contributed by atoms with Gasteiger partial charge < -0.3 is 15.5 Å². The fraction of sp³-hybridized carbons (Fsp3) is 0.611. The lowest BCUT2D eigenvalue weighted by atomic mass is 10.2. The largest absolute Gasteiger partial charge is 0.370 e. The summed E-state index contributed by atoms with van der Waals surface area (Å²) in [4.78, 5) is 6.77. The van der Waals surface area contributed by atoms with Gasteiger partial charge in [0.25, 0.3) is 0 Å². The molecule has 0 atom stereocenters. The van der Waals surface area contributed by atoms with Crippen molar-refractivity contribution < 1.29 is 0 Å². The zero-order chi connectivity index (χ0) is 17.0. The Kier molecular flexibility index (Phi) is 12.6. The van der Waals surface area contributed by atoms with Crippen molar-refractivity contribution in [1.82, 2.24) is 10.6 Å².